The number of carbonyl (C=O) groups is 1. The third-order valence-corrected chi connectivity index (χ3v) is 3.12. The summed E-state index contributed by atoms with van der Waals surface area (Å²) in [7, 11) is 0. The predicted molar refractivity (Wildman–Crippen MR) is 76.4 cm³/mol. The normalized spacial score (nSPS) is 9.95. The Balaban J connectivity index is 2.21. The van der Waals surface area contributed by atoms with E-state index in [1.807, 2.05) is 6.07 Å². The van der Waals surface area contributed by atoms with E-state index in [9.17, 15) is 4.79 Å². The predicted octanol–water partition coefficient (Wildman–Crippen LogP) is 3.19. The van der Waals surface area contributed by atoms with Crippen molar-refractivity contribution >= 4 is 17.6 Å². The van der Waals surface area contributed by atoms with Gasteiger partial charge in [0.15, 0.2) is 11.4 Å². The Morgan fingerprint density at radius 2 is 2.19 bits per heavy atom. The highest BCUT2D eigenvalue weighted by atomic mass is 35.5. The van der Waals surface area contributed by atoms with E-state index in [-0.39, 0.29) is 18.1 Å². The number of rotatable bonds is 4. The van der Waals surface area contributed by atoms with Crippen molar-refractivity contribution in [3.05, 3.63) is 57.9 Å². The Morgan fingerprint density at radius 3 is 2.81 bits per heavy atom. The summed E-state index contributed by atoms with van der Waals surface area (Å²) in [4.78, 5) is 15.1. The first-order chi connectivity index (χ1) is 10.0. The second-order valence-electron chi connectivity index (χ2n) is 4.31. The number of aryl methyl sites for hydroxylation is 1. The highest BCUT2D eigenvalue weighted by Gasteiger charge is 2.14. The summed E-state index contributed by atoms with van der Waals surface area (Å²) >= 11 is 6.04. The molecule has 6 heteroatoms. The third kappa shape index (κ3) is 3.50. The number of halogens is 1. The smallest absolute Gasteiger partial charge is 0.358 e. The molecule has 106 valence electrons. The number of aromatic nitrogens is 1. The second kappa shape index (κ2) is 6.25. The summed E-state index contributed by atoms with van der Waals surface area (Å²) in [6, 6.07) is 10.0. The van der Waals surface area contributed by atoms with Crippen LogP contribution in [0.4, 0.5) is 0 Å². The maximum atomic E-state index is 11.1. The average Bonchev–Trinajstić information content (AvgIpc) is 2.46. The van der Waals surface area contributed by atoms with Crippen LogP contribution in [0, 0.1) is 18.3 Å². The van der Waals surface area contributed by atoms with Crippen molar-refractivity contribution < 1.29 is 14.6 Å². The molecule has 0 aliphatic heterocycles. The molecular weight excluding hydrogens is 292 g/mol. The lowest BCUT2D eigenvalue weighted by atomic mass is 10.1. The number of carboxylic acid groups (broad SMARTS) is 1. The molecule has 0 unspecified atom stereocenters. The Kier molecular flexibility index (Phi) is 4.41. The molecule has 0 aliphatic carbocycles. The number of nitrogens with zero attached hydrogens (tertiary/aromatic N) is 2. The van der Waals surface area contributed by atoms with Gasteiger partial charge in [0.2, 0.25) is 0 Å². The maximum Gasteiger partial charge on any atom is 0.358 e. The van der Waals surface area contributed by atoms with Crippen LogP contribution < -0.4 is 4.74 Å². The standard InChI is InChI=1S/C15H11ClN2O3/c1-9-2-5-13(14(18-9)15(19)20)21-8-11-4-3-10(7-17)6-12(11)16/h2-6H,8H2,1H3,(H,19,20). The van der Waals surface area contributed by atoms with Crippen molar-refractivity contribution in [3.8, 4) is 11.8 Å². The molecule has 0 atom stereocenters. The molecule has 0 saturated heterocycles. The first-order valence-electron chi connectivity index (χ1n) is 6.03. The summed E-state index contributed by atoms with van der Waals surface area (Å²) in [5.41, 5.74) is 1.57. The number of aromatic carboxylic acids is 1. The van der Waals surface area contributed by atoms with Crippen molar-refractivity contribution in [2.75, 3.05) is 0 Å². The Hall–Kier alpha value is -2.58. The Bertz CT molecular complexity index is 738. The molecule has 1 aromatic carbocycles. The van der Waals surface area contributed by atoms with Gasteiger partial charge in [-0.2, -0.15) is 5.26 Å². The van der Waals surface area contributed by atoms with Gasteiger partial charge >= 0.3 is 5.97 Å². The number of benzene rings is 1. The molecule has 21 heavy (non-hydrogen) atoms. The number of hydrogen-bond donors (Lipinski definition) is 1. The van der Waals surface area contributed by atoms with Crippen LogP contribution >= 0.6 is 11.6 Å². The zero-order valence-electron chi connectivity index (χ0n) is 11.1. The molecule has 0 saturated carbocycles. The highest BCUT2D eigenvalue weighted by molar-refractivity contribution is 6.31. The van der Waals surface area contributed by atoms with E-state index >= 15 is 0 Å². The van der Waals surface area contributed by atoms with Gasteiger partial charge in [0.25, 0.3) is 0 Å². The molecular formula is C15H11ClN2O3. The van der Waals surface area contributed by atoms with Crippen LogP contribution in [0.25, 0.3) is 0 Å². The minimum atomic E-state index is -1.15. The lowest BCUT2D eigenvalue weighted by molar-refractivity contribution is 0.0684. The molecule has 2 rings (SSSR count). The molecule has 0 bridgehead atoms. The summed E-state index contributed by atoms with van der Waals surface area (Å²) in [5, 5.41) is 18.3. The van der Waals surface area contributed by atoms with Crippen LogP contribution in [-0.2, 0) is 6.61 Å². The fourth-order valence-electron chi connectivity index (χ4n) is 1.70. The van der Waals surface area contributed by atoms with E-state index in [0.29, 0.717) is 21.8 Å². The fourth-order valence-corrected chi connectivity index (χ4v) is 1.94. The second-order valence-corrected chi connectivity index (χ2v) is 4.72. The van der Waals surface area contributed by atoms with Crippen molar-refractivity contribution in [3.63, 3.8) is 0 Å². The van der Waals surface area contributed by atoms with Crippen molar-refractivity contribution in [2.24, 2.45) is 0 Å². The summed E-state index contributed by atoms with van der Waals surface area (Å²) < 4.78 is 5.48. The average molecular weight is 303 g/mol. The largest absolute Gasteiger partial charge is 0.486 e. The zero-order chi connectivity index (χ0) is 15.4. The zero-order valence-corrected chi connectivity index (χ0v) is 11.9. The molecule has 0 amide bonds. The SMILES string of the molecule is Cc1ccc(OCc2ccc(C#N)cc2Cl)c(C(=O)O)n1. The van der Waals surface area contributed by atoms with Crippen molar-refractivity contribution in [2.45, 2.75) is 13.5 Å². The first-order valence-corrected chi connectivity index (χ1v) is 6.41. The molecule has 0 fully saturated rings. The van der Waals surface area contributed by atoms with Crippen LogP contribution in [0.15, 0.2) is 30.3 Å². The maximum absolute atomic E-state index is 11.1. The van der Waals surface area contributed by atoms with Gasteiger partial charge in [0.05, 0.1) is 11.6 Å². The summed E-state index contributed by atoms with van der Waals surface area (Å²) in [5.74, 6) is -0.979. The van der Waals surface area contributed by atoms with Crippen molar-refractivity contribution in [1.82, 2.24) is 4.98 Å². The monoisotopic (exact) mass is 302 g/mol. The molecule has 1 heterocycles. The third-order valence-electron chi connectivity index (χ3n) is 2.77. The van der Waals surface area contributed by atoms with E-state index in [0.717, 1.165) is 0 Å². The minimum absolute atomic E-state index is 0.0928. The summed E-state index contributed by atoms with van der Waals surface area (Å²) in [6.07, 6.45) is 0. The van der Waals surface area contributed by atoms with Gasteiger partial charge in [-0.25, -0.2) is 9.78 Å². The van der Waals surface area contributed by atoms with E-state index in [2.05, 4.69) is 4.98 Å². The van der Waals surface area contributed by atoms with Crippen LogP contribution in [0.2, 0.25) is 5.02 Å². The lowest BCUT2D eigenvalue weighted by Gasteiger charge is -2.10. The lowest BCUT2D eigenvalue weighted by Crippen LogP contribution is -2.07. The Labute approximate surface area is 126 Å². The van der Waals surface area contributed by atoms with Crippen LogP contribution in [0.5, 0.6) is 5.75 Å². The van der Waals surface area contributed by atoms with E-state index in [1.54, 1.807) is 31.2 Å². The van der Waals surface area contributed by atoms with Gasteiger partial charge in [0, 0.05) is 16.3 Å². The Morgan fingerprint density at radius 1 is 1.43 bits per heavy atom. The van der Waals surface area contributed by atoms with Gasteiger partial charge in [-0.15, -0.1) is 0 Å². The molecule has 0 radical (unpaired) electrons. The number of pyridine rings is 1. The quantitative estimate of drug-likeness (QED) is 0.937. The van der Waals surface area contributed by atoms with Crippen LogP contribution in [0.1, 0.15) is 27.3 Å². The highest BCUT2D eigenvalue weighted by Crippen LogP contribution is 2.22. The van der Waals surface area contributed by atoms with Gasteiger partial charge in [0.1, 0.15) is 6.61 Å². The van der Waals surface area contributed by atoms with E-state index < -0.39 is 5.97 Å². The van der Waals surface area contributed by atoms with Gasteiger partial charge in [-0.3, -0.25) is 0 Å². The molecule has 5 nitrogen and oxygen atoms in total. The molecule has 2 aromatic rings. The number of nitriles is 1. The first kappa shape index (κ1) is 14.8. The van der Waals surface area contributed by atoms with Crippen molar-refractivity contribution in [1.29, 1.82) is 5.26 Å². The number of carboxylic acids is 1. The van der Waals surface area contributed by atoms with E-state index in [4.69, 9.17) is 26.7 Å². The molecule has 1 N–H and O–H groups in total. The van der Waals surface area contributed by atoms with Crippen LogP contribution in [0.3, 0.4) is 0 Å². The fraction of sp³-hybridized carbons (Fsp3) is 0.133. The molecule has 0 spiro atoms. The molecule has 0 aliphatic rings. The topological polar surface area (TPSA) is 83.2 Å². The van der Waals surface area contributed by atoms with Gasteiger partial charge in [-0.1, -0.05) is 17.7 Å². The number of hydrogen-bond acceptors (Lipinski definition) is 4. The van der Waals surface area contributed by atoms with Gasteiger partial charge in [-0.05, 0) is 31.2 Å². The van der Waals surface area contributed by atoms with E-state index in [1.165, 1.54) is 6.07 Å². The molecule has 1 aromatic heterocycles. The summed E-state index contributed by atoms with van der Waals surface area (Å²) in [6.45, 7) is 1.79. The minimum Gasteiger partial charge on any atom is -0.486 e. The van der Waals surface area contributed by atoms with Crippen LogP contribution in [-0.4, -0.2) is 16.1 Å². The number of ether oxygens (including phenoxy) is 1. The van der Waals surface area contributed by atoms with Gasteiger partial charge < -0.3 is 9.84 Å².